The highest BCUT2D eigenvalue weighted by Gasteiger charge is 2.32. The van der Waals surface area contributed by atoms with Gasteiger partial charge >= 0.3 is 12.1 Å². The molecular weight excluding hydrogens is 355 g/mol. The number of hydrogen-bond acceptors (Lipinski definition) is 2. The van der Waals surface area contributed by atoms with E-state index in [9.17, 15) is 22.8 Å². The van der Waals surface area contributed by atoms with Crippen LogP contribution in [0.5, 0.6) is 0 Å². The van der Waals surface area contributed by atoms with Gasteiger partial charge in [-0.3, -0.25) is 4.79 Å². The van der Waals surface area contributed by atoms with Crippen LogP contribution < -0.4 is 5.32 Å². The Hall–Kier alpha value is -1.57. The number of carboxylic acid groups (broad SMARTS) is 1. The van der Waals surface area contributed by atoms with Crippen LogP contribution in [0.4, 0.5) is 13.2 Å². The quantitative estimate of drug-likeness (QED) is 0.837. The van der Waals surface area contributed by atoms with Gasteiger partial charge < -0.3 is 10.4 Å². The molecule has 8 heteroatoms. The predicted octanol–water partition coefficient (Wildman–Crippen LogP) is 3.45. The molecule has 0 aliphatic carbocycles. The molecule has 0 spiro atoms. The standard InChI is InChI=1S/C13H13BrF3NO3/c1-2-3-10(12(20)21)18-11(19)8-6-7(13(15,16)17)4-5-9(8)14/h4-6,10H,2-3H2,1H3,(H,18,19)(H,20,21)/t10-/m0/s1. The minimum absolute atomic E-state index is 0.161. The molecule has 116 valence electrons. The van der Waals surface area contributed by atoms with Gasteiger partial charge in [-0.05, 0) is 40.5 Å². The number of alkyl halides is 3. The van der Waals surface area contributed by atoms with Crippen LogP contribution in [0, 0.1) is 0 Å². The summed E-state index contributed by atoms with van der Waals surface area (Å²) in [5, 5.41) is 11.2. The monoisotopic (exact) mass is 367 g/mol. The Balaban J connectivity index is 3.04. The summed E-state index contributed by atoms with van der Waals surface area (Å²) in [6, 6.07) is 1.49. The number of rotatable bonds is 5. The zero-order valence-electron chi connectivity index (χ0n) is 11.0. The van der Waals surface area contributed by atoms with E-state index in [0.29, 0.717) is 12.5 Å². The molecule has 0 heterocycles. The van der Waals surface area contributed by atoms with E-state index in [-0.39, 0.29) is 16.5 Å². The molecule has 4 nitrogen and oxygen atoms in total. The van der Waals surface area contributed by atoms with Crippen LogP contribution in [-0.4, -0.2) is 23.0 Å². The van der Waals surface area contributed by atoms with Crippen LogP contribution in [0.3, 0.4) is 0 Å². The van der Waals surface area contributed by atoms with E-state index in [1.165, 1.54) is 0 Å². The van der Waals surface area contributed by atoms with Crippen LogP contribution >= 0.6 is 15.9 Å². The normalized spacial score (nSPS) is 12.8. The van der Waals surface area contributed by atoms with Crippen LogP contribution in [-0.2, 0) is 11.0 Å². The minimum atomic E-state index is -4.58. The van der Waals surface area contributed by atoms with E-state index < -0.39 is 29.7 Å². The van der Waals surface area contributed by atoms with Gasteiger partial charge in [0.1, 0.15) is 6.04 Å². The van der Waals surface area contributed by atoms with E-state index in [1.54, 1.807) is 6.92 Å². The Morgan fingerprint density at radius 3 is 2.48 bits per heavy atom. The maximum Gasteiger partial charge on any atom is 0.416 e. The molecule has 0 fully saturated rings. The van der Waals surface area contributed by atoms with Gasteiger partial charge in [0.05, 0.1) is 11.1 Å². The molecule has 0 aromatic heterocycles. The lowest BCUT2D eigenvalue weighted by molar-refractivity contribution is -0.139. The zero-order chi connectivity index (χ0) is 16.2. The summed E-state index contributed by atoms with van der Waals surface area (Å²) in [7, 11) is 0. The molecule has 1 aromatic carbocycles. The lowest BCUT2D eigenvalue weighted by Gasteiger charge is -2.15. The Labute approximate surface area is 127 Å². The third-order valence-corrected chi connectivity index (χ3v) is 3.41. The van der Waals surface area contributed by atoms with Crippen molar-refractivity contribution >= 4 is 27.8 Å². The molecule has 0 radical (unpaired) electrons. The third kappa shape index (κ3) is 4.73. The van der Waals surface area contributed by atoms with E-state index >= 15 is 0 Å². The Kier molecular flexibility index (Phi) is 5.77. The van der Waals surface area contributed by atoms with Gasteiger partial charge in [0.2, 0.25) is 0 Å². The van der Waals surface area contributed by atoms with Crippen molar-refractivity contribution in [1.82, 2.24) is 5.32 Å². The maximum atomic E-state index is 12.6. The Morgan fingerprint density at radius 1 is 1.38 bits per heavy atom. The van der Waals surface area contributed by atoms with Crippen molar-refractivity contribution < 1.29 is 27.9 Å². The molecule has 2 N–H and O–H groups in total. The summed E-state index contributed by atoms with van der Waals surface area (Å²) < 4.78 is 38.1. The maximum absolute atomic E-state index is 12.6. The highest BCUT2D eigenvalue weighted by atomic mass is 79.9. The van der Waals surface area contributed by atoms with Crippen LogP contribution in [0.15, 0.2) is 22.7 Å². The first-order chi connectivity index (χ1) is 9.66. The number of amides is 1. The van der Waals surface area contributed by atoms with Crippen molar-refractivity contribution in [3.05, 3.63) is 33.8 Å². The molecule has 1 atom stereocenters. The number of carbonyl (C=O) groups is 2. The second kappa shape index (κ2) is 6.93. The van der Waals surface area contributed by atoms with Crippen molar-refractivity contribution in [3.63, 3.8) is 0 Å². The fraction of sp³-hybridized carbons (Fsp3) is 0.385. The predicted molar refractivity (Wildman–Crippen MR) is 72.9 cm³/mol. The molecule has 0 unspecified atom stereocenters. The number of nitrogens with one attached hydrogen (secondary N) is 1. The van der Waals surface area contributed by atoms with Gasteiger partial charge in [0.25, 0.3) is 5.91 Å². The summed E-state index contributed by atoms with van der Waals surface area (Å²) >= 11 is 2.99. The first kappa shape index (κ1) is 17.5. The number of carbonyl (C=O) groups excluding carboxylic acids is 1. The van der Waals surface area contributed by atoms with E-state index in [1.807, 2.05) is 0 Å². The minimum Gasteiger partial charge on any atom is -0.480 e. The number of aliphatic carboxylic acids is 1. The van der Waals surface area contributed by atoms with Gasteiger partial charge in [-0.2, -0.15) is 13.2 Å². The summed E-state index contributed by atoms with van der Waals surface area (Å²) in [5.74, 6) is -2.10. The van der Waals surface area contributed by atoms with Crippen molar-refractivity contribution in [2.75, 3.05) is 0 Å². The topological polar surface area (TPSA) is 66.4 Å². The van der Waals surface area contributed by atoms with Crippen molar-refractivity contribution in [1.29, 1.82) is 0 Å². The number of halogens is 4. The lowest BCUT2D eigenvalue weighted by atomic mass is 10.1. The average molecular weight is 368 g/mol. The van der Waals surface area contributed by atoms with Gasteiger partial charge in [-0.15, -0.1) is 0 Å². The molecule has 21 heavy (non-hydrogen) atoms. The molecule has 1 amide bonds. The van der Waals surface area contributed by atoms with Gasteiger partial charge in [0.15, 0.2) is 0 Å². The van der Waals surface area contributed by atoms with Gasteiger partial charge in [0, 0.05) is 4.47 Å². The largest absolute Gasteiger partial charge is 0.480 e. The molecule has 0 saturated heterocycles. The van der Waals surface area contributed by atoms with Crippen molar-refractivity contribution in [2.24, 2.45) is 0 Å². The first-order valence-electron chi connectivity index (χ1n) is 6.07. The second-order valence-corrected chi connectivity index (χ2v) is 5.20. The lowest BCUT2D eigenvalue weighted by Crippen LogP contribution is -2.40. The van der Waals surface area contributed by atoms with E-state index in [0.717, 1.165) is 12.1 Å². The fourth-order valence-electron chi connectivity index (χ4n) is 1.66. The SMILES string of the molecule is CCC[C@H](NC(=O)c1cc(C(F)(F)F)ccc1Br)C(=O)O. The highest BCUT2D eigenvalue weighted by molar-refractivity contribution is 9.10. The van der Waals surface area contributed by atoms with Crippen molar-refractivity contribution in [2.45, 2.75) is 32.0 Å². The molecular formula is C13H13BrF3NO3. The molecule has 0 aliphatic heterocycles. The molecule has 0 aliphatic rings. The molecule has 0 saturated carbocycles. The van der Waals surface area contributed by atoms with Crippen LogP contribution in [0.1, 0.15) is 35.7 Å². The summed E-state index contributed by atoms with van der Waals surface area (Å²) in [6.45, 7) is 1.74. The average Bonchev–Trinajstić information content (AvgIpc) is 2.36. The van der Waals surface area contributed by atoms with Gasteiger partial charge in [-0.25, -0.2) is 4.79 Å². The zero-order valence-corrected chi connectivity index (χ0v) is 12.6. The van der Waals surface area contributed by atoms with E-state index in [4.69, 9.17) is 5.11 Å². The van der Waals surface area contributed by atoms with Crippen LogP contribution in [0.2, 0.25) is 0 Å². The number of hydrogen-bond donors (Lipinski definition) is 2. The Morgan fingerprint density at radius 2 is 2.00 bits per heavy atom. The number of carboxylic acids is 1. The summed E-state index contributed by atoms with van der Waals surface area (Å²) in [4.78, 5) is 22.9. The molecule has 1 rings (SSSR count). The second-order valence-electron chi connectivity index (χ2n) is 4.35. The Bertz CT molecular complexity index is 546. The highest BCUT2D eigenvalue weighted by Crippen LogP contribution is 2.31. The smallest absolute Gasteiger partial charge is 0.416 e. The van der Waals surface area contributed by atoms with Gasteiger partial charge in [-0.1, -0.05) is 13.3 Å². The summed E-state index contributed by atoms with van der Waals surface area (Å²) in [5.41, 5.74) is -1.23. The molecule has 1 aromatic rings. The fourth-order valence-corrected chi connectivity index (χ4v) is 2.08. The van der Waals surface area contributed by atoms with Crippen molar-refractivity contribution in [3.8, 4) is 0 Å². The van der Waals surface area contributed by atoms with Crippen LogP contribution in [0.25, 0.3) is 0 Å². The summed E-state index contributed by atoms with van der Waals surface area (Å²) in [6.07, 6.45) is -3.87. The third-order valence-electron chi connectivity index (χ3n) is 2.72. The van der Waals surface area contributed by atoms with E-state index in [2.05, 4.69) is 21.2 Å². The molecule has 0 bridgehead atoms. The number of benzene rings is 1. The first-order valence-corrected chi connectivity index (χ1v) is 6.86.